The van der Waals surface area contributed by atoms with E-state index in [1.165, 1.54) is 5.38 Å². The van der Waals surface area contributed by atoms with E-state index in [2.05, 4.69) is 9.59 Å². The molecule has 0 amide bonds. The summed E-state index contributed by atoms with van der Waals surface area (Å²) in [5.41, 5.74) is -0.00704. The Kier molecular flexibility index (Phi) is 2.32. The van der Waals surface area contributed by atoms with Crippen molar-refractivity contribution in [2.75, 3.05) is 0 Å². The number of aromatic nitrogens is 2. The fraction of sp³-hybridized carbons (Fsp3) is 0.400. The highest BCUT2D eigenvalue weighted by atomic mass is 32.1. The van der Waals surface area contributed by atoms with Crippen molar-refractivity contribution in [2.45, 2.75) is 12.3 Å². The quantitative estimate of drug-likeness (QED) is 0.773. The second kappa shape index (κ2) is 3.10. The molecule has 0 aliphatic carbocycles. The second-order valence-corrected chi connectivity index (χ2v) is 2.69. The van der Waals surface area contributed by atoms with E-state index in [9.17, 15) is 13.6 Å². The van der Waals surface area contributed by atoms with Crippen molar-refractivity contribution >= 4 is 17.5 Å². The van der Waals surface area contributed by atoms with Crippen LogP contribution in [0, 0.1) is 0 Å². The van der Waals surface area contributed by atoms with E-state index < -0.39 is 18.3 Å². The van der Waals surface area contributed by atoms with Crippen LogP contribution in [0.3, 0.4) is 0 Å². The maximum absolute atomic E-state index is 12.4. The summed E-state index contributed by atoms with van der Waals surface area (Å²) in [7, 11) is 0. The average molecular weight is 194 g/mol. The van der Waals surface area contributed by atoms with E-state index in [1.807, 2.05) is 0 Å². The van der Waals surface area contributed by atoms with Gasteiger partial charge in [0.15, 0.2) is 0 Å². The molecule has 0 atom stereocenters. The molecule has 0 radical (unpaired) electrons. The molecule has 0 aliphatic rings. The van der Waals surface area contributed by atoms with Crippen molar-refractivity contribution < 1.29 is 18.7 Å². The maximum atomic E-state index is 12.4. The predicted molar refractivity (Wildman–Crippen MR) is 36.2 cm³/mol. The smallest absolute Gasteiger partial charge is 0.374 e. The highest BCUT2D eigenvalue weighted by Crippen LogP contribution is 2.19. The highest BCUT2D eigenvalue weighted by molar-refractivity contribution is 7.03. The van der Waals surface area contributed by atoms with E-state index in [0.717, 1.165) is 11.5 Å². The molecule has 1 aromatic rings. The first-order valence-electron chi connectivity index (χ1n) is 2.89. The number of carbonyl (C=O) groups is 1. The summed E-state index contributed by atoms with van der Waals surface area (Å²) < 4.78 is 28.2. The molecule has 12 heavy (non-hydrogen) atoms. The van der Waals surface area contributed by atoms with E-state index in [1.54, 1.807) is 0 Å². The largest absolute Gasteiger partial charge is 0.477 e. The van der Waals surface area contributed by atoms with Crippen LogP contribution in [0.25, 0.3) is 0 Å². The molecular weight excluding hydrogens is 190 g/mol. The lowest BCUT2D eigenvalue weighted by atomic mass is 10.2. The first-order valence-corrected chi connectivity index (χ1v) is 3.73. The molecule has 0 saturated carbocycles. The van der Waals surface area contributed by atoms with Crippen LogP contribution in [0.5, 0.6) is 0 Å². The Hall–Kier alpha value is -1.11. The zero-order valence-electron chi connectivity index (χ0n) is 5.70. The molecule has 1 rings (SSSR count). The lowest BCUT2D eigenvalue weighted by Crippen LogP contribution is -2.30. The number of alkyl halides is 2. The fourth-order valence-electron chi connectivity index (χ4n) is 0.564. The minimum absolute atomic E-state index is 0.00704. The minimum atomic E-state index is -3.75. The average Bonchev–Trinajstić information content (AvgIpc) is 2.38. The normalized spacial score (nSPS) is 11.5. The number of aliphatic carboxylic acids is 1. The second-order valence-electron chi connectivity index (χ2n) is 2.08. The molecule has 0 bridgehead atoms. The molecule has 0 unspecified atom stereocenters. The van der Waals surface area contributed by atoms with Gasteiger partial charge in [0.1, 0.15) is 0 Å². The van der Waals surface area contributed by atoms with Crippen LogP contribution < -0.4 is 0 Å². The van der Waals surface area contributed by atoms with Crippen LogP contribution in [0.15, 0.2) is 5.38 Å². The molecule has 0 aromatic carbocycles. The Morgan fingerprint density at radius 1 is 1.75 bits per heavy atom. The highest BCUT2D eigenvalue weighted by Gasteiger charge is 2.39. The van der Waals surface area contributed by atoms with Gasteiger partial charge in [-0.1, -0.05) is 4.49 Å². The third kappa shape index (κ3) is 1.94. The van der Waals surface area contributed by atoms with E-state index in [4.69, 9.17) is 5.11 Å². The van der Waals surface area contributed by atoms with Gasteiger partial charge < -0.3 is 5.11 Å². The van der Waals surface area contributed by atoms with Crippen molar-refractivity contribution in [1.29, 1.82) is 0 Å². The standard InChI is InChI=1S/C5H4F2N2O2S/c6-5(7,4(10)11)1-3-2-12-9-8-3/h2H,1H2,(H,10,11). The molecule has 0 spiro atoms. The zero-order valence-corrected chi connectivity index (χ0v) is 6.52. The van der Waals surface area contributed by atoms with E-state index >= 15 is 0 Å². The minimum Gasteiger partial charge on any atom is -0.477 e. The summed E-state index contributed by atoms with van der Waals surface area (Å²) in [6.45, 7) is 0. The Morgan fingerprint density at radius 3 is 2.83 bits per heavy atom. The van der Waals surface area contributed by atoms with Crippen LogP contribution in [-0.4, -0.2) is 26.6 Å². The Labute approximate surface area is 70.0 Å². The van der Waals surface area contributed by atoms with Crippen molar-refractivity contribution in [2.24, 2.45) is 0 Å². The van der Waals surface area contributed by atoms with Crippen LogP contribution in [0.4, 0.5) is 8.78 Å². The molecule has 1 N–H and O–H groups in total. The third-order valence-corrected chi connectivity index (χ3v) is 1.67. The SMILES string of the molecule is O=C(O)C(F)(F)Cc1csnn1. The van der Waals surface area contributed by atoms with E-state index in [-0.39, 0.29) is 5.69 Å². The molecule has 1 aromatic heterocycles. The molecule has 0 saturated heterocycles. The number of halogens is 2. The summed E-state index contributed by atoms with van der Waals surface area (Å²) >= 11 is 0.905. The summed E-state index contributed by atoms with van der Waals surface area (Å²) in [5, 5.41) is 12.6. The van der Waals surface area contributed by atoms with Crippen molar-refractivity contribution in [3.63, 3.8) is 0 Å². The van der Waals surface area contributed by atoms with Crippen LogP contribution in [-0.2, 0) is 11.2 Å². The number of rotatable bonds is 3. The molecule has 1 heterocycles. The van der Waals surface area contributed by atoms with Gasteiger partial charge in [-0.15, -0.1) is 5.10 Å². The molecule has 4 nitrogen and oxygen atoms in total. The van der Waals surface area contributed by atoms with Gasteiger partial charge in [0.2, 0.25) is 0 Å². The number of hydrogen-bond acceptors (Lipinski definition) is 4. The van der Waals surface area contributed by atoms with Crippen molar-refractivity contribution in [3.8, 4) is 0 Å². The lowest BCUT2D eigenvalue weighted by molar-refractivity contribution is -0.164. The summed E-state index contributed by atoms with van der Waals surface area (Å²) in [5.74, 6) is -5.90. The molecular formula is C5H4F2N2O2S. The van der Waals surface area contributed by atoms with Gasteiger partial charge in [-0.05, 0) is 11.5 Å². The number of carboxylic acid groups (broad SMARTS) is 1. The van der Waals surface area contributed by atoms with Gasteiger partial charge in [0.05, 0.1) is 12.1 Å². The summed E-state index contributed by atoms with van der Waals surface area (Å²) in [4.78, 5) is 9.95. The van der Waals surface area contributed by atoms with Gasteiger partial charge >= 0.3 is 11.9 Å². The van der Waals surface area contributed by atoms with Gasteiger partial charge in [-0.25, -0.2) is 4.79 Å². The Balaban J connectivity index is 2.69. The predicted octanol–water partition coefficient (Wildman–Crippen LogP) is 0.800. The molecule has 7 heteroatoms. The summed E-state index contributed by atoms with van der Waals surface area (Å²) in [6.07, 6.45) is -0.904. The number of hydrogen-bond donors (Lipinski definition) is 1. The van der Waals surface area contributed by atoms with Gasteiger partial charge in [-0.3, -0.25) is 0 Å². The van der Waals surface area contributed by atoms with Gasteiger partial charge in [0, 0.05) is 5.38 Å². The first-order chi connectivity index (χ1) is 5.52. The first kappa shape index (κ1) is 8.98. The zero-order chi connectivity index (χ0) is 9.19. The number of nitrogens with zero attached hydrogens (tertiary/aromatic N) is 2. The molecule has 66 valence electrons. The monoisotopic (exact) mass is 194 g/mol. The number of carboxylic acids is 1. The topological polar surface area (TPSA) is 63.1 Å². The van der Waals surface area contributed by atoms with E-state index in [0.29, 0.717) is 0 Å². The lowest BCUT2D eigenvalue weighted by Gasteiger charge is -2.07. The third-order valence-electron chi connectivity index (χ3n) is 1.12. The maximum Gasteiger partial charge on any atom is 0.374 e. The van der Waals surface area contributed by atoms with Crippen molar-refractivity contribution in [1.82, 2.24) is 9.59 Å². The fourth-order valence-corrected chi connectivity index (χ4v) is 1.02. The Bertz CT molecular complexity index is 275. The molecule has 0 fully saturated rings. The van der Waals surface area contributed by atoms with Crippen molar-refractivity contribution in [3.05, 3.63) is 11.1 Å². The Morgan fingerprint density at radius 2 is 2.42 bits per heavy atom. The van der Waals surface area contributed by atoms with Gasteiger partial charge in [0.25, 0.3) is 0 Å². The molecule has 0 aliphatic heterocycles. The van der Waals surface area contributed by atoms with Crippen LogP contribution in [0.1, 0.15) is 5.69 Å². The summed E-state index contributed by atoms with van der Waals surface area (Å²) in [6, 6.07) is 0. The van der Waals surface area contributed by atoms with Crippen LogP contribution >= 0.6 is 11.5 Å². The van der Waals surface area contributed by atoms with Gasteiger partial charge in [-0.2, -0.15) is 8.78 Å². The van der Waals surface area contributed by atoms with Crippen LogP contribution in [0.2, 0.25) is 0 Å².